The Morgan fingerprint density at radius 3 is 2.79 bits per heavy atom. The van der Waals surface area contributed by atoms with Crippen LogP contribution >= 0.6 is 0 Å². The maximum atomic E-state index is 12.5. The highest BCUT2D eigenvalue weighted by Gasteiger charge is 2.44. The summed E-state index contributed by atoms with van der Waals surface area (Å²) in [5.41, 5.74) is 2.53. The fourth-order valence-electron chi connectivity index (χ4n) is 4.27. The highest BCUT2D eigenvalue weighted by molar-refractivity contribution is 5.94. The molecule has 4 rings (SSSR count). The Morgan fingerprint density at radius 2 is 2.12 bits per heavy atom. The molecule has 1 spiro atoms. The third-order valence-corrected chi connectivity index (χ3v) is 6.12. The third-order valence-electron chi connectivity index (χ3n) is 6.12. The largest absolute Gasteiger partial charge is 0.356 e. The summed E-state index contributed by atoms with van der Waals surface area (Å²) in [4.78, 5) is 24.7. The van der Waals surface area contributed by atoms with Crippen LogP contribution in [0.4, 0.5) is 0 Å². The van der Waals surface area contributed by atoms with Crippen LogP contribution in [0.15, 0.2) is 18.2 Å². The molecule has 2 aliphatic carbocycles. The molecule has 0 unspecified atom stereocenters. The van der Waals surface area contributed by atoms with Gasteiger partial charge < -0.3 is 5.32 Å². The van der Waals surface area contributed by atoms with Crippen molar-refractivity contribution >= 4 is 11.8 Å². The SMILES string of the molecule is O=C(c1ccc2c(c1)C[C@@]1(CCNC1=O)CC2)N(O)CC1CCC1. The summed E-state index contributed by atoms with van der Waals surface area (Å²) in [7, 11) is 0. The number of hydroxylamine groups is 2. The molecule has 0 bridgehead atoms. The topological polar surface area (TPSA) is 69.6 Å². The number of hydrogen-bond acceptors (Lipinski definition) is 3. The van der Waals surface area contributed by atoms with Gasteiger partial charge in [0.15, 0.2) is 0 Å². The predicted molar refractivity (Wildman–Crippen MR) is 88.7 cm³/mol. The van der Waals surface area contributed by atoms with Crippen molar-refractivity contribution in [3.8, 4) is 0 Å². The lowest BCUT2D eigenvalue weighted by molar-refractivity contribution is -0.128. The minimum Gasteiger partial charge on any atom is -0.356 e. The number of carbonyl (C=O) groups is 2. The van der Waals surface area contributed by atoms with Crippen molar-refractivity contribution in [2.75, 3.05) is 13.1 Å². The Kier molecular flexibility index (Phi) is 3.83. The lowest BCUT2D eigenvalue weighted by Crippen LogP contribution is -2.37. The van der Waals surface area contributed by atoms with Gasteiger partial charge in [-0.1, -0.05) is 12.5 Å². The molecule has 2 fully saturated rings. The average molecular weight is 328 g/mol. The van der Waals surface area contributed by atoms with Gasteiger partial charge >= 0.3 is 0 Å². The standard InChI is InChI=1S/C19H24N2O3/c22-17(21(24)12-13-2-1-3-13)15-5-4-14-6-7-19(11-16(14)10-15)8-9-20-18(19)23/h4-5,10,13,24H,1-3,6-9,11-12H2,(H,20,23)/t19-/m0/s1. The number of benzene rings is 1. The van der Waals surface area contributed by atoms with Crippen molar-refractivity contribution in [3.05, 3.63) is 34.9 Å². The summed E-state index contributed by atoms with van der Waals surface area (Å²) in [5, 5.41) is 13.9. The second-order valence-corrected chi connectivity index (χ2v) is 7.63. The van der Waals surface area contributed by atoms with Crippen LogP contribution in [0.3, 0.4) is 0 Å². The molecule has 2 amide bonds. The molecule has 1 saturated carbocycles. The first-order valence-corrected chi connectivity index (χ1v) is 8.98. The second kappa shape index (κ2) is 5.88. The number of amides is 2. The summed E-state index contributed by atoms with van der Waals surface area (Å²) in [6.07, 6.45) is 6.70. The van der Waals surface area contributed by atoms with Crippen LogP contribution in [0.25, 0.3) is 0 Å². The van der Waals surface area contributed by atoms with E-state index in [1.807, 2.05) is 12.1 Å². The fourth-order valence-corrected chi connectivity index (χ4v) is 4.27. The van der Waals surface area contributed by atoms with Gasteiger partial charge in [0.05, 0.1) is 12.0 Å². The Hall–Kier alpha value is -1.88. The van der Waals surface area contributed by atoms with E-state index in [0.717, 1.165) is 49.3 Å². The molecule has 1 aromatic rings. The first kappa shape index (κ1) is 15.6. The summed E-state index contributed by atoms with van der Waals surface area (Å²) < 4.78 is 0. The monoisotopic (exact) mass is 328 g/mol. The maximum Gasteiger partial charge on any atom is 0.277 e. The van der Waals surface area contributed by atoms with E-state index in [0.29, 0.717) is 24.4 Å². The Labute approximate surface area is 142 Å². The number of nitrogens with zero attached hydrogens (tertiary/aromatic N) is 1. The van der Waals surface area contributed by atoms with Crippen molar-refractivity contribution < 1.29 is 14.8 Å². The lowest BCUT2D eigenvalue weighted by Gasteiger charge is -2.32. The summed E-state index contributed by atoms with van der Waals surface area (Å²) in [6, 6.07) is 5.67. The summed E-state index contributed by atoms with van der Waals surface area (Å²) in [6.45, 7) is 1.17. The molecule has 24 heavy (non-hydrogen) atoms. The zero-order valence-corrected chi connectivity index (χ0v) is 13.9. The van der Waals surface area contributed by atoms with Gasteiger partial charge in [-0.15, -0.1) is 0 Å². The number of rotatable bonds is 3. The number of carbonyl (C=O) groups excluding carboxylic acids is 2. The minimum absolute atomic E-state index is 0.152. The zero-order valence-electron chi connectivity index (χ0n) is 13.9. The van der Waals surface area contributed by atoms with Crippen molar-refractivity contribution in [2.24, 2.45) is 11.3 Å². The first-order chi connectivity index (χ1) is 11.6. The molecule has 2 N–H and O–H groups in total. The van der Waals surface area contributed by atoms with E-state index in [9.17, 15) is 14.8 Å². The third kappa shape index (κ3) is 2.61. The molecular formula is C19H24N2O3. The van der Waals surface area contributed by atoms with Crippen LogP contribution in [0.2, 0.25) is 0 Å². The molecule has 3 aliphatic rings. The molecule has 0 radical (unpaired) electrons. The number of fused-ring (bicyclic) bond motifs is 1. The van der Waals surface area contributed by atoms with Gasteiger partial charge in [-0.25, -0.2) is 5.06 Å². The van der Waals surface area contributed by atoms with Crippen LogP contribution in [-0.2, 0) is 17.6 Å². The molecule has 128 valence electrons. The van der Waals surface area contributed by atoms with E-state index < -0.39 is 0 Å². The first-order valence-electron chi connectivity index (χ1n) is 8.98. The average Bonchev–Trinajstić information content (AvgIpc) is 2.89. The van der Waals surface area contributed by atoms with Crippen molar-refractivity contribution in [1.82, 2.24) is 10.4 Å². The highest BCUT2D eigenvalue weighted by Crippen LogP contribution is 2.41. The number of aryl methyl sites for hydroxylation is 1. The predicted octanol–water partition coefficient (Wildman–Crippen LogP) is 2.31. The van der Waals surface area contributed by atoms with Gasteiger partial charge in [0.2, 0.25) is 5.91 Å². The van der Waals surface area contributed by atoms with Crippen LogP contribution < -0.4 is 5.32 Å². The molecule has 1 heterocycles. The van der Waals surface area contributed by atoms with Crippen LogP contribution in [-0.4, -0.2) is 35.2 Å². The molecule has 1 aliphatic heterocycles. The van der Waals surface area contributed by atoms with Gasteiger partial charge in [0.25, 0.3) is 5.91 Å². The van der Waals surface area contributed by atoms with Gasteiger partial charge in [-0.3, -0.25) is 14.8 Å². The molecule has 5 nitrogen and oxygen atoms in total. The lowest BCUT2D eigenvalue weighted by atomic mass is 9.70. The zero-order chi connectivity index (χ0) is 16.7. The Morgan fingerprint density at radius 1 is 1.29 bits per heavy atom. The van der Waals surface area contributed by atoms with Gasteiger partial charge in [0, 0.05) is 12.1 Å². The van der Waals surface area contributed by atoms with E-state index in [1.165, 1.54) is 12.0 Å². The van der Waals surface area contributed by atoms with Crippen LogP contribution in [0.5, 0.6) is 0 Å². The van der Waals surface area contributed by atoms with E-state index in [4.69, 9.17) is 0 Å². The van der Waals surface area contributed by atoms with Gasteiger partial charge in [-0.05, 0) is 67.7 Å². The van der Waals surface area contributed by atoms with E-state index >= 15 is 0 Å². The van der Waals surface area contributed by atoms with E-state index in [-0.39, 0.29) is 17.2 Å². The molecule has 1 aromatic carbocycles. The highest BCUT2D eigenvalue weighted by atomic mass is 16.5. The second-order valence-electron chi connectivity index (χ2n) is 7.63. The quantitative estimate of drug-likeness (QED) is 0.661. The molecule has 1 atom stereocenters. The van der Waals surface area contributed by atoms with Crippen molar-refractivity contribution in [2.45, 2.75) is 44.9 Å². The van der Waals surface area contributed by atoms with Crippen LogP contribution in [0, 0.1) is 11.3 Å². The van der Waals surface area contributed by atoms with Crippen molar-refractivity contribution in [3.63, 3.8) is 0 Å². The van der Waals surface area contributed by atoms with Crippen LogP contribution in [0.1, 0.15) is 53.6 Å². The van der Waals surface area contributed by atoms with Gasteiger partial charge in [-0.2, -0.15) is 0 Å². The van der Waals surface area contributed by atoms with Gasteiger partial charge in [0.1, 0.15) is 0 Å². The molecule has 1 saturated heterocycles. The van der Waals surface area contributed by atoms with E-state index in [2.05, 4.69) is 5.32 Å². The fraction of sp³-hybridized carbons (Fsp3) is 0.579. The smallest absolute Gasteiger partial charge is 0.277 e. The minimum atomic E-state index is -0.333. The number of nitrogens with one attached hydrogen (secondary N) is 1. The molecular weight excluding hydrogens is 304 g/mol. The summed E-state index contributed by atoms with van der Waals surface area (Å²) in [5.74, 6) is 0.251. The molecule has 5 heteroatoms. The molecule has 0 aromatic heterocycles. The maximum absolute atomic E-state index is 12.5. The normalized spacial score (nSPS) is 26.0. The summed E-state index contributed by atoms with van der Waals surface area (Å²) >= 11 is 0. The van der Waals surface area contributed by atoms with Crippen molar-refractivity contribution in [1.29, 1.82) is 0 Å². The Balaban J connectivity index is 1.53. The Bertz CT molecular complexity index is 683. The van der Waals surface area contributed by atoms with E-state index in [1.54, 1.807) is 6.07 Å². The number of hydrogen-bond donors (Lipinski definition) is 2.